The van der Waals surface area contributed by atoms with Gasteiger partial charge in [0.2, 0.25) is 0 Å². The Kier molecular flexibility index (Phi) is 12.1. The number of nitrogens with zero attached hydrogens (tertiary/aromatic N) is 2. The number of carbonyl (C=O) groups excluding carboxylic acids is 2. The number of hydrogen-bond donors (Lipinski definition) is 2. The van der Waals surface area contributed by atoms with E-state index in [0.29, 0.717) is 33.5 Å². The Balaban J connectivity index is 1.46. The Hall–Kier alpha value is -5.47. The van der Waals surface area contributed by atoms with Crippen molar-refractivity contribution in [2.45, 2.75) is 4.90 Å². The number of ether oxygens (including phenoxy) is 5. The fourth-order valence-corrected chi connectivity index (χ4v) is 5.91. The maximum Gasteiger partial charge on any atom is 0.265 e. The van der Waals surface area contributed by atoms with Gasteiger partial charge in [-0.1, -0.05) is 23.7 Å². The van der Waals surface area contributed by atoms with Gasteiger partial charge in [-0.3, -0.25) is 13.9 Å². The van der Waals surface area contributed by atoms with E-state index >= 15 is 0 Å². The van der Waals surface area contributed by atoms with E-state index in [9.17, 15) is 18.0 Å². The molecule has 0 saturated heterocycles. The lowest BCUT2D eigenvalue weighted by atomic mass is 10.2. The Bertz CT molecular complexity index is 1890. The molecule has 0 saturated carbocycles. The minimum atomic E-state index is -4.38. The molecule has 0 aliphatic rings. The van der Waals surface area contributed by atoms with Crippen LogP contribution in [0.3, 0.4) is 0 Å². The highest BCUT2D eigenvalue weighted by atomic mass is 35.5. The zero-order valence-electron chi connectivity index (χ0n) is 26.4. The third-order valence-electron chi connectivity index (χ3n) is 6.69. The minimum absolute atomic E-state index is 0.0573. The van der Waals surface area contributed by atoms with Crippen LogP contribution in [0.4, 0.5) is 11.4 Å². The molecule has 0 bridgehead atoms. The second kappa shape index (κ2) is 16.4. The second-order valence-electron chi connectivity index (χ2n) is 9.75. The summed E-state index contributed by atoms with van der Waals surface area (Å²) in [5.74, 6) is 0.323. The smallest absolute Gasteiger partial charge is 0.265 e. The first-order chi connectivity index (χ1) is 23.1. The largest absolute Gasteiger partial charge is 0.497 e. The molecule has 2 amide bonds. The molecule has 0 radical (unpaired) electrons. The highest BCUT2D eigenvalue weighted by Crippen LogP contribution is 2.37. The summed E-state index contributed by atoms with van der Waals surface area (Å²) in [7, 11) is 1.24. The van der Waals surface area contributed by atoms with Crippen LogP contribution in [0.15, 0.2) is 94.9 Å². The Morgan fingerprint density at radius 1 is 0.792 bits per heavy atom. The first-order valence-electron chi connectivity index (χ1n) is 14.2. The number of para-hydroxylation sites is 1. The van der Waals surface area contributed by atoms with Crippen LogP contribution in [0.25, 0.3) is 0 Å². The number of halogens is 1. The summed E-state index contributed by atoms with van der Waals surface area (Å²) >= 11 is 6.06. The summed E-state index contributed by atoms with van der Waals surface area (Å²) in [6.45, 7) is -0.907. The molecular weight excluding hydrogens is 664 g/mol. The van der Waals surface area contributed by atoms with E-state index in [0.717, 1.165) is 4.31 Å². The molecule has 0 atom stereocenters. The second-order valence-corrected chi connectivity index (χ2v) is 12.0. The number of anilines is 2. The number of methoxy groups -OCH3 is 4. The molecule has 15 heteroatoms. The molecule has 0 aromatic heterocycles. The van der Waals surface area contributed by atoms with E-state index in [4.69, 9.17) is 35.3 Å². The molecule has 4 rings (SSSR count). The van der Waals surface area contributed by atoms with Crippen LogP contribution in [0.5, 0.6) is 28.7 Å². The topological polar surface area (TPSA) is 154 Å². The molecule has 4 aromatic rings. The molecule has 0 unspecified atom stereocenters. The van der Waals surface area contributed by atoms with Gasteiger partial charge in [0, 0.05) is 12.1 Å². The summed E-state index contributed by atoms with van der Waals surface area (Å²) in [4.78, 5) is 25.2. The average Bonchev–Trinajstić information content (AvgIpc) is 3.10. The Morgan fingerprint density at radius 3 is 2.12 bits per heavy atom. The SMILES string of the molecule is COc1ccc(OC)c(N(CC(=O)N/N=C\c2ccc(OCC(=O)Nc3ccccc3Cl)cc2)S(=O)(=O)c2ccc(OC)c(OC)c2)c1. The summed E-state index contributed by atoms with van der Waals surface area (Å²) in [5.41, 5.74) is 3.48. The molecular formula is C33H33ClN4O9S. The molecule has 0 aliphatic heterocycles. The van der Waals surface area contributed by atoms with Gasteiger partial charge in [-0.05, 0) is 66.2 Å². The minimum Gasteiger partial charge on any atom is -0.497 e. The summed E-state index contributed by atoms with van der Waals surface area (Å²) in [5, 5.41) is 7.06. The van der Waals surface area contributed by atoms with Gasteiger partial charge < -0.3 is 29.0 Å². The van der Waals surface area contributed by atoms with E-state index in [-0.39, 0.29) is 34.6 Å². The van der Waals surface area contributed by atoms with Gasteiger partial charge in [0.25, 0.3) is 21.8 Å². The van der Waals surface area contributed by atoms with Crippen LogP contribution in [0, 0.1) is 0 Å². The van der Waals surface area contributed by atoms with Crippen molar-refractivity contribution in [3.8, 4) is 28.7 Å². The number of rotatable bonds is 15. The average molecular weight is 697 g/mol. The van der Waals surface area contributed by atoms with Gasteiger partial charge in [0.05, 0.1) is 55.9 Å². The van der Waals surface area contributed by atoms with Gasteiger partial charge in [-0.25, -0.2) is 13.8 Å². The molecule has 0 aliphatic carbocycles. The maximum atomic E-state index is 14.0. The fourth-order valence-electron chi connectivity index (χ4n) is 4.29. The molecule has 0 heterocycles. The molecule has 4 aromatic carbocycles. The van der Waals surface area contributed by atoms with Crippen LogP contribution in [-0.4, -0.2) is 68.0 Å². The van der Waals surface area contributed by atoms with E-state index in [1.807, 2.05) is 0 Å². The van der Waals surface area contributed by atoms with Crippen molar-refractivity contribution in [2.75, 3.05) is 51.2 Å². The van der Waals surface area contributed by atoms with Crippen LogP contribution in [-0.2, 0) is 19.6 Å². The lowest BCUT2D eigenvalue weighted by Crippen LogP contribution is -2.39. The lowest BCUT2D eigenvalue weighted by Gasteiger charge is -2.26. The summed E-state index contributed by atoms with van der Waals surface area (Å²) < 4.78 is 55.7. The number of hydrazone groups is 1. The monoisotopic (exact) mass is 696 g/mol. The summed E-state index contributed by atoms with van der Waals surface area (Å²) in [6.07, 6.45) is 1.37. The first-order valence-corrected chi connectivity index (χ1v) is 16.0. The standard InChI is InChI=1S/C33H33ClN4O9S/c1-43-24-13-15-29(44-2)28(17-24)38(48(41,42)25-14-16-30(45-3)31(18-25)46-4)20-32(39)37-35-19-22-9-11-23(12-10-22)47-21-33(40)36-27-8-6-5-7-26(27)34/h5-19H,20-21H2,1-4H3,(H,36,40)(H,37,39)/b35-19-. The number of amides is 2. The van der Waals surface area contributed by atoms with Gasteiger partial charge >= 0.3 is 0 Å². The van der Waals surface area contributed by atoms with Gasteiger partial charge in [0.1, 0.15) is 23.8 Å². The fraction of sp³-hybridized carbons (Fsp3) is 0.182. The summed E-state index contributed by atoms with van der Waals surface area (Å²) in [6, 6.07) is 22.1. The molecule has 252 valence electrons. The number of carbonyl (C=O) groups is 2. The van der Waals surface area contributed by atoms with Crippen molar-refractivity contribution in [1.82, 2.24) is 5.43 Å². The van der Waals surface area contributed by atoms with Crippen molar-refractivity contribution in [3.63, 3.8) is 0 Å². The van der Waals surface area contributed by atoms with Crippen molar-refractivity contribution < 1.29 is 41.7 Å². The zero-order valence-corrected chi connectivity index (χ0v) is 28.0. The Labute approximate surface area is 283 Å². The third kappa shape index (κ3) is 8.86. The molecule has 0 fully saturated rings. The van der Waals surface area contributed by atoms with E-state index in [1.54, 1.807) is 54.6 Å². The molecule has 48 heavy (non-hydrogen) atoms. The van der Waals surface area contributed by atoms with Crippen molar-refractivity contribution in [2.24, 2.45) is 5.10 Å². The lowest BCUT2D eigenvalue weighted by molar-refractivity contribution is -0.119. The predicted octanol–water partition coefficient (Wildman–Crippen LogP) is 4.74. The van der Waals surface area contributed by atoms with Crippen molar-refractivity contribution in [1.29, 1.82) is 0 Å². The third-order valence-corrected chi connectivity index (χ3v) is 8.77. The van der Waals surface area contributed by atoms with Gasteiger partial charge in [0.15, 0.2) is 18.1 Å². The highest BCUT2D eigenvalue weighted by molar-refractivity contribution is 7.92. The number of hydrogen-bond acceptors (Lipinski definition) is 10. The van der Waals surface area contributed by atoms with Crippen molar-refractivity contribution in [3.05, 3.63) is 95.5 Å². The first kappa shape index (κ1) is 35.4. The maximum absolute atomic E-state index is 14.0. The Morgan fingerprint density at radius 2 is 1.46 bits per heavy atom. The van der Waals surface area contributed by atoms with E-state index < -0.39 is 22.5 Å². The molecule has 2 N–H and O–H groups in total. The molecule has 0 spiro atoms. The zero-order chi connectivity index (χ0) is 34.7. The normalized spacial score (nSPS) is 11.0. The number of benzene rings is 4. The van der Waals surface area contributed by atoms with E-state index in [1.165, 1.54) is 65.0 Å². The predicted molar refractivity (Wildman–Crippen MR) is 181 cm³/mol. The highest BCUT2D eigenvalue weighted by Gasteiger charge is 2.31. The van der Waals surface area contributed by atoms with Crippen LogP contribution < -0.4 is 38.7 Å². The van der Waals surface area contributed by atoms with Gasteiger partial charge in [-0.15, -0.1) is 0 Å². The number of nitrogens with one attached hydrogen (secondary N) is 2. The van der Waals surface area contributed by atoms with Crippen LogP contribution in [0.1, 0.15) is 5.56 Å². The number of sulfonamides is 1. The quantitative estimate of drug-likeness (QED) is 0.133. The van der Waals surface area contributed by atoms with E-state index in [2.05, 4.69) is 15.8 Å². The van der Waals surface area contributed by atoms with Crippen molar-refractivity contribution >= 4 is 51.0 Å². The van der Waals surface area contributed by atoms with Crippen LogP contribution in [0.2, 0.25) is 5.02 Å². The molecule has 13 nitrogen and oxygen atoms in total. The van der Waals surface area contributed by atoms with Gasteiger partial charge in [-0.2, -0.15) is 5.10 Å². The van der Waals surface area contributed by atoms with Crippen LogP contribution >= 0.6 is 11.6 Å².